The molecule has 4 heteroatoms. The average molecular weight is 265 g/mol. The SMILES string of the molecule is NC1C2CCCC1CC(C(=O)NC1CCCNC1)C2. The zero-order valence-electron chi connectivity index (χ0n) is 11.7. The minimum Gasteiger partial charge on any atom is -0.352 e. The third-order valence-corrected chi connectivity index (χ3v) is 5.43. The van der Waals surface area contributed by atoms with Crippen LogP contribution in [0, 0.1) is 17.8 Å². The van der Waals surface area contributed by atoms with Crippen LogP contribution in [0.4, 0.5) is 0 Å². The van der Waals surface area contributed by atoms with E-state index in [4.69, 9.17) is 5.73 Å². The van der Waals surface area contributed by atoms with E-state index < -0.39 is 0 Å². The third-order valence-electron chi connectivity index (χ3n) is 5.43. The van der Waals surface area contributed by atoms with Gasteiger partial charge in [-0.1, -0.05) is 6.42 Å². The summed E-state index contributed by atoms with van der Waals surface area (Å²) >= 11 is 0. The lowest BCUT2D eigenvalue weighted by atomic mass is 9.65. The first-order valence-electron chi connectivity index (χ1n) is 8.00. The molecule has 1 saturated heterocycles. The molecule has 3 atom stereocenters. The van der Waals surface area contributed by atoms with Crippen LogP contribution in [0.15, 0.2) is 0 Å². The second-order valence-corrected chi connectivity index (χ2v) is 6.75. The Bertz CT molecular complexity index is 313. The van der Waals surface area contributed by atoms with Crippen LogP contribution in [0.1, 0.15) is 44.9 Å². The fourth-order valence-corrected chi connectivity index (χ4v) is 4.30. The molecule has 2 saturated carbocycles. The van der Waals surface area contributed by atoms with Crippen LogP contribution in [-0.4, -0.2) is 31.1 Å². The fourth-order valence-electron chi connectivity index (χ4n) is 4.30. The van der Waals surface area contributed by atoms with Gasteiger partial charge in [-0.15, -0.1) is 0 Å². The van der Waals surface area contributed by atoms with Crippen molar-refractivity contribution >= 4 is 5.91 Å². The summed E-state index contributed by atoms with van der Waals surface area (Å²) in [5.74, 6) is 1.69. The molecule has 3 rings (SSSR count). The van der Waals surface area contributed by atoms with Gasteiger partial charge in [0, 0.05) is 24.5 Å². The molecule has 0 aromatic heterocycles. The van der Waals surface area contributed by atoms with Gasteiger partial charge in [0.25, 0.3) is 0 Å². The highest BCUT2D eigenvalue weighted by Gasteiger charge is 2.40. The molecular weight excluding hydrogens is 238 g/mol. The molecule has 108 valence electrons. The molecule has 3 fully saturated rings. The average Bonchev–Trinajstić information content (AvgIpc) is 2.39. The van der Waals surface area contributed by atoms with Crippen LogP contribution in [0.2, 0.25) is 0 Å². The van der Waals surface area contributed by atoms with E-state index in [9.17, 15) is 4.79 Å². The Labute approximate surface area is 115 Å². The van der Waals surface area contributed by atoms with Crippen molar-refractivity contribution in [2.75, 3.05) is 13.1 Å². The van der Waals surface area contributed by atoms with Gasteiger partial charge < -0.3 is 16.4 Å². The summed E-state index contributed by atoms with van der Waals surface area (Å²) in [6.07, 6.45) is 8.10. The zero-order valence-corrected chi connectivity index (χ0v) is 11.7. The first-order chi connectivity index (χ1) is 9.24. The summed E-state index contributed by atoms with van der Waals surface area (Å²) in [4.78, 5) is 12.4. The molecule has 3 unspecified atom stereocenters. The van der Waals surface area contributed by atoms with E-state index in [0.717, 1.165) is 32.4 Å². The molecule has 2 bridgehead atoms. The number of hydrogen-bond donors (Lipinski definition) is 3. The van der Waals surface area contributed by atoms with Gasteiger partial charge in [-0.3, -0.25) is 4.79 Å². The van der Waals surface area contributed by atoms with Gasteiger partial charge in [-0.2, -0.15) is 0 Å². The molecule has 4 N–H and O–H groups in total. The summed E-state index contributed by atoms with van der Waals surface area (Å²) in [5, 5.41) is 6.61. The van der Waals surface area contributed by atoms with Gasteiger partial charge in [0.05, 0.1) is 0 Å². The van der Waals surface area contributed by atoms with Crippen LogP contribution >= 0.6 is 0 Å². The van der Waals surface area contributed by atoms with E-state index in [2.05, 4.69) is 10.6 Å². The smallest absolute Gasteiger partial charge is 0.223 e. The lowest BCUT2D eigenvalue weighted by Gasteiger charge is -2.43. The first kappa shape index (κ1) is 13.4. The number of piperidine rings is 1. The second kappa shape index (κ2) is 5.80. The molecule has 4 nitrogen and oxygen atoms in total. The van der Waals surface area contributed by atoms with Crippen molar-refractivity contribution in [1.82, 2.24) is 10.6 Å². The summed E-state index contributed by atoms with van der Waals surface area (Å²) in [6.45, 7) is 2.03. The Morgan fingerprint density at radius 3 is 2.47 bits per heavy atom. The summed E-state index contributed by atoms with van der Waals surface area (Å²) in [5.41, 5.74) is 6.29. The molecule has 1 amide bonds. The number of carbonyl (C=O) groups is 1. The molecule has 0 aromatic rings. The topological polar surface area (TPSA) is 67.2 Å². The molecule has 1 aliphatic heterocycles. The van der Waals surface area contributed by atoms with Gasteiger partial charge in [-0.05, 0) is 56.9 Å². The lowest BCUT2D eigenvalue weighted by molar-refractivity contribution is -0.128. The highest BCUT2D eigenvalue weighted by atomic mass is 16.1. The number of carbonyl (C=O) groups excluding carboxylic acids is 1. The van der Waals surface area contributed by atoms with E-state index >= 15 is 0 Å². The van der Waals surface area contributed by atoms with Crippen LogP contribution in [0.5, 0.6) is 0 Å². The minimum atomic E-state index is 0.219. The Balaban J connectivity index is 1.55. The maximum atomic E-state index is 12.4. The quantitative estimate of drug-likeness (QED) is 0.698. The highest BCUT2D eigenvalue weighted by Crippen LogP contribution is 2.41. The maximum Gasteiger partial charge on any atom is 0.223 e. The van der Waals surface area contributed by atoms with Crippen LogP contribution in [0.25, 0.3) is 0 Å². The summed E-state index contributed by atoms with van der Waals surface area (Å²) in [7, 11) is 0. The Morgan fingerprint density at radius 1 is 1.11 bits per heavy atom. The van der Waals surface area contributed by atoms with Crippen LogP contribution in [0.3, 0.4) is 0 Å². The monoisotopic (exact) mass is 265 g/mol. The van der Waals surface area contributed by atoms with Gasteiger partial charge in [0.2, 0.25) is 5.91 Å². The van der Waals surface area contributed by atoms with E-state index in [1.54, 1.807) is 0 Å². The van der Waals surface area contributed by atoms with Crippen molar-refractivity contribution in [1.29, 1.82) is 0 Å². The van der Waals surface area contributed by atoms with Crippen LogP contribution < -0.4 is 16.4 Å². The van der Waals surface area contributed by atoms with E-state index in [1.165, 1.54) is 25.7 Å². The van der Waals surface area contributed by atoms with E-state index in [0.29, 0.717) is 23.9 Å². The highest BCUT2D eigenvalue weighted by molar-refractivity contribution is 5.79. The molecule has 0 spiro atoms. The number of rotatable bonds is 2. The van der Waals surface area contributed by atoms with E-state index in [1.807, 2.05) is 0 Å². The predicted molar refractivity (Wildman–Crippen MR) is 75.6 cm³/mol. The number of nitrogens with one attached hydrogen (secondary N) is 2. The second-order valence-electron chi connectivity index (χ2n) is 6.75. The van der Waals surface area contributed by atoms with E-state index in [-0.39, 0.29) is 11.8 Å². The van der Waals surface area contributed by atoms with Gasteiger partial charge in [-0.25, -0.2) is 0 Å². The first-order valence-corrected chi connectivity index (χ1v) is 8.00. The van der Waals surface area contributed by atoms with Crippen molar-refractivity contribution in [2.24, 2.45) is 23.5 Å². The normalized spacial score (nSPS) is 42.7. The predicted octanol–water partition coefficient (Wildman–Crippen LogP) is 1.01. The lowest BCUT2D eigenvalue weighted by Crippen LogP contribution is -2.52. The standard InChI is InChI=1S/C15H27N3O/c16-14-10-3-1-4-11(14)8-12(7-10)15(19)18-13-5-2-6-17-9-13/h10-14,17H,1-9,16H2,(H,18,19). The number of fused-ring (bicyclic) bond motifs is 2. The zero-order chi connectivity index (χ0) is 13.2. The maximum absolute atomic E-state index is 12.4. The molecule has 0 radical (unpaired) electrons. The van der Waals surface area contributed by atoms with Crippen molar-refractivity contribution in [3.63, 3.8) is 0 Å². The Kier molecular flexibility index (Phi) is 4.08. The fraction of sp³-hybridized carbons (Fsp3) is 0.933. The molecular formula is C15H27N3O. The van der Waals surface area contributed by atoms with Crippen molar-refractivity contribution in [3.8, 4) is 0 Å². The van der Waals surface area contributed by atoms with Gasteiger partial charge >= 0.3 is 0 Å². The van der Waals surface area contributed by atoms with Gasteiger partial charge in [0.15, 0.2) is 0 Å². The van der Waals surface area contributed by atoms with Crippen molar-refractivity contribution in [3.05, 3.63) is 0 Å². The molecule has 1 heterocycles. The van der Waals surface area contributed by atoms with Crippen molar-refractivity contribution < 1.29 is 4.79 Å². The molecule has 19 heavy (non-hydrogen) atoms. The molecule has 0 aromatic carbocycles. The Hall–Kier alpha value is -0.610. The van der Waals surface area contributed by atoms with Gasteiger partial charge in [0.1, 0.15) is 0 Å². The number of hydrogen-bond acceptors (Lipinski definition) is 3. The van der Waals surface area contributed by atoms with Crippen LogP contribution in [-0.2, 0) is 4.79 Å². The minimum absolute atomic E-state index is 0.219. The number of nitrogens with two attached hydrogens (primary N) is 1. The van der Waals surface area contributed by atoms with Crippen molar-refractivity contribution in [2.45, 2.75) is 57.0 Å². The Morgan fingerprint density at radius 2 is 1.84 bits per heavy atom. The third kappa shape index (κ3) is 2.95. The molecule has 2 aliphatic carbocycles. The largest absolute Gasteiger partial charge is 0.352 e. The summed E-state index contributed by atoms with van der Waals surface area (Å²) in [6, 6.07) is 0.700. The summed E-state index contributed by atoms with van der Waals surface area (Å²) < 4.78 is 0. The molecule has 3 aliphatic rings. The number of amides is 1.